The zero-order valence-corrected chi connectivity index (χ0v) is 16.2. The normalized spacial score (nSPS) is 12.3. The highest BCUT2D eigenvalue weighted by atomic mass is 31.1. The molecular formula is C23H25O2P. The number of hydrogen-bond acceptors (Lipinski definition) is 2. The molecule has 1 unspecified atom stereocenters. The van der Waals surface area contributed by atoms with Gasteiger partial charge in [-0.05, 0) is 36.3 Å². The molecule has 0 aliphatic heterocycles. The number of ether oxygens (including phenoxy) is 2. The molecule has 26 heavy (non-hydrogen) atoms. The van der Waals surface area contributed by atoms with Crippen LogP contribution in [0.15, 0.2) is 84.9 Å². The van der Waals surface area contributed by atoms with E-state index in [9.17, 15) is 0 Å². The van der Waals surface area contributed by atoms with Gasteiger partial charge in [0.25, 0.3) is 0 Å². The first-order chi connectivity index (χ1) is 12.8. The first kappa shape index (κ1) is 18.8. The van der Waals surface area contributed by atoms with E-state index in [1.807, 2.05) is 6.92 Å². The third kappa shape index (κ3) is 4.80. The van der Waals surface area contributed by atoms with Gasteiger partial charge in [0.2, 0.25) is 0 Å². The van der Waals surface area contributed by atoms with Crippen molar-refractivity contribution in [1.82, 2.24) is 0 Å². The minimum absolute atomic E-state index is 0.104. The predicted molar refractivity (Wildman–Crippen MR) is 111 cm³/mol. The predicted octanol–water partition coefficient (Wildman–Crippen LogP) is 4.00. The summed E-state index contributed by atoms with van der Waals surface area (Å²) in [5, 5.41) is 4.06. The summed E-state index contributed by atoms with van der Waals surface area (Å²) in [5.41, 5.74) is 1.25. The van der Waals surface area contributed by atoms with Gasteiger partial charge in [-0.2, -0.15) is 0 Å². The average Bonchev–Trinajstić information content (AvgIpc) is 2.71. The second-order valence-corrected chi connectivity index (χ2v) is 8.38. The first-order valence-corrected chi connectivity index (χ1v) is 10.2. The highest BCUT2D eigenvalue weighted by Gasteiger charge is 2.19. The van der Waals surface area contributed by atoms with Gasteiger partial charge in [0.15, 0.2) is 0 Å². The van der Waals surface area contributed by atoms with Crippen molar-refractivity contribution in [3.05, 3.63) is 90.5 Å². The standard InChI is InChI=1S/C23H25O2P/c1-19(24-2)17-25-18-20-11-9-10-16-23(20)26(21-12-5-3-6-13-21)22-14-7-4-8-15-22/h3-16,19H,17-18H2,1-2H3. The van der Waals surface area contributed by atoms with Gasteiger partial charge in [0.1, 0.15) is 0 Å². The van der Waals surface area contributed by atoms with E-state index in [4.69, 9.17) is 9.47 Å². The molecule has 0 aromatic heterocycles. The Kier molecular flexibility index (Phi) is 6.96. The van der Waals surface area contributed by atoms with Crippen LogP contribution in [0.5, 0.6) is 0 Å². The summed E-state index contributed by atoms with van der Waals surface area (Å²) in [7, 11) is 1.10. The quantitative estimate of drug-likeness (QED) is 0.563. The Morgan fingerprint density at radius 3 is 1.88 bits per heavy atom. The van der Waals surface area contributed by atoms with Gasteiger partial charge in [-0.3, -0.25) is 0 Å². The van der Waals surface area contributed by atoms with Crippen LogP contribution in [0.1, 0.15) is 12.5 Å². The maximum atomic E-state index is 5.92. The minimum Gasteiger partial charge on any atom is -0.379 e. The molecule has 3 rings (SSSR count). The van der Waals surface area contributed by atoms with E-state index in [2.05, 4.69) is 84.9 Å². The second-order valence-electron chi connectivity index (χ2n) is 6.20. The summed E-state index contributed by atoms with van der Waals surface area (Å²) < 4.78 is 11.2. The molecule has 0 amide bonds. The Morgan fingerprint density at radius 2 is 1.31 bits per heavy atom. The van der Waals surface area contributed by atoms with Gasteiger partial charge in [-0.1, -0.05) is 84.9 Å². The molecule has 2 nitrogen and oxygen atoms in total. The molecule has 0 bridgehead atoms. The Hall–Kier alpha value is -1.99. The fraction of sp³-hybridized carbons (Fsp3) is 0.217. The highest BCUT2D eigenvalue weighted by molar-refractivity contribution is 7.79. The Bertz CT molecular complexity index is 750. The molecule has 1 atom stereocenters. The van der Waals surface area contributed by atoms with E-state index < -0.39 is 7.92 Å². The van der Waals surface area contributed by atoms with Crippen LogP contribution < -0.4 is 15.9 Å². The minimum atomic E-state index is -0.614. The summed E-state index contributed by atoms with van der Waals surface area (Å²) in [4.78, 5) is 0. The molecule has 0 aliphatic carbocycles. The van der Waals surface area contributed by atoms with E-state index in [0.29, 0.717) is 13.2 Å². The van der Waals surface area contributed by atoms with Crippen molar-refractivity contribution in [1.29, 1.82) is 0 Å². The number of rotatable bonds is 8. The lowest BCUT2D eigenvalue weighted by Gasteiger charge is -2.22. The lowest BCUT2D eigenvalue weighted by Crippen LogP contribution is -2.24. The zero-order chi connectivity index (χ0) is 18.2. The molecule has 0 fully saturated rings. The third-order valence-corrected chi connectivity index (χ3v) is 6.82. The average molecular weight is 364 g/mol. The summed E-state index contributed by atoms with van der Waals surface area (Å²) in [5.74, 6) is 0. The largest absolute Gasteiger partial charge is 0.379 e. The lowest BCUT2D eigenvalue weighted by molar-refractivity contribution is 0.0120. The van der Waals surface area contributed by atoms with E-state index in [1.54, 1.807) is 7.11 Å². The summed E-state index contributed by atoms with van der Waals surface area (Å²) >= 11 is 0. The monoisotopic (exact) mass is 364 g/mol. The molecule has 0 N–H and O–H groups in total. The molecule has 0 spiro atoms. The van der Waals surface area contributed by atoms with Crippen molar-refractivity contribution in [3.8, 4) is 0 Å². The summed E-state index contributed by atoms with van der Waals surface area (Å²) in [6.07, 6.45) is 0.104. The number of methoxy groups -OCH3 is 1. The fourth-order valence-electron chi connectivity index (χ4n) is 2.84. The molecular weight excluding hydrogens is 339 g/mol. The van der Waals surface area contributed by atoms with Crippen LogP contribution in [0, 0.1) is 0 Å². The number of hydrogen-bond donors (Lipinski definition) is 0. The van der Waals surface area contributed by atoms with E-state index >= 15 is 0 Å². The van der Waals surface area contributed by atoms with E-state index in [1.165, 1.54) is 21.5 Å². The van der Waals surface area contributed by atoms with Crippen molar-refractivity contribution in [3.63, 3.8) is 0 Å². The van der Waals surface area contributed by atoms with Gasteiger partial charge >= 0.3 is 0 Å². The Labute approximate surface area is 157 Å². The van der Waals surface area contributed by atoms with Crippen molar-refractivity contribution in [2.75, 3.05) is 13.7 Å². The van der Waals surface area contributed by atoms with Gasteiger partial charge in [-0.15, -0.1) is 0 Å². The van der Waals surface area contributed by atoms with Crippen molar-refractivity contribution in [2.45, 2.75) is 19.6 Å². The summed E-state index contributed by atoms with van der Waals surface area (Å²) in [6, 6.07) is 30.1. The van der Waals surface area contributed by atoms with Crippen LogP contribution in [-0.2, 0) is 16.1 Å². The summed E-state index contributed by atoms with van der Waals surface area (Å²) in [6.45, 7) is 3.22. The number of benzene rings is 3. The smallest absolute Gasteiger partial charge is 0.0776 e. The second kappa shape index (κ2) is 9.64. The Morgan fingerprint density at radius 1 is 0.769 bits per heavy atom. The van der Waals surface area contributed by atoms with Crippen molar-refractivity contribution >= 4 is 23.8 Å². The SMILES string of the molecule is COC(C)COCc1ccccc1P(c1ccccc1)c1ccccc1. The molecule has 0 saturated heterocycles. The molecule has 0 heterocycles. The van der Waals surface area contributed by atoms with Crippen LogP contribution >= 0.6 is 7.92 Å². The van der Waals surface area contributed by atoms with E-state index in [-0.39, 0.29) is 6.10 Å². The molecule has 134 valence electrons. The maximum absolute atomic E-state index is 5.92. The topological polar surface area (TPSA) is 18.5 Å². The molecule has 0 saturated carbocycles. The van der Waals surface area contributed by atoms with Crippen LogP contribution in [-0.4, -0.2) is 19.8 Å². The van der Waals surface area contributed by atoms with Crippen LogP contribution in [0.4, 0.5) is 0 Å². The first-order valence-electron chi connectivity index (χ1n) is 8.88. The Balaban J connectivity index is 1.95. The molecule has 0 radical (unpaired) electrons. The zero-order valence-electron chi connectivity index (χ0n) is 15.3. The van der Waals surface area contributed by atoms with Crippen LogP contribution in [0.2, 0.25) is 0 Å². The van der Waals surface area contributed by atoms with Gasteiger partial charge in [0, 0.05) is 7.11 Å². The fourth-order valence-corrected chi connectivity index (χ4v) is 5.29. The van der Waals surface area contributed by atoms with Gasteiger partial charge in [0.05, 0.1) is 19.3 Å². The van der Waals surface area contributed by atoms with Gasteiger partial charge < -0.3 is 9.47 Å². The molecule has 3 aromatic rings. The third-order valence-electron chi connectivity index (χ3n) is 4.27. The highest BCUT2D eigenvalue weighted by Crippen LogP contribution is 2.34. The van der Waals surface area contributed by atoms with Gasteiger partial charge in [-0.25, -0.2) is 0 Å². The lowest BCUT2D eigenvalue weighted by atomic mass is 10.2. The van der Waals surface area contributed by atoms with Crippen LogP contribution in [0.25, 0.3) is 0 Å². The van der Waals surface area contributed by atoms with Crippen LogP contribution in [0.3, 0.4) is 0 Å². The maximum Gasteiger partial charge on any atom is 0.0776 e. The van der Waals surface area contributed by atoms with Crippen molar-refractivity contribution < 1.29 is 9.47 Å². The van der Waals surface area contributed by atoms with Crippen molar-refractivity contribution in [2.24, 2.45) is 0 Å². The molecule has 3 aromatic carbocycles. The molecule has 0 aliphatic rings. The molecule has 3 heteroatoms. The van der Waals surface area contributed by atoms with E-state index in [0.717, 1.165) is 0 Å².